The summed E-state index contributed by atoms with van der Waals surface area (Å²) >= 11 is 1.67. The van der Waals surface area contributed by atoms with Crippen LogP contribution in [0.5, 0.6) is 5.75 Å². The molecular formula is C22H29N3O2S. The maximum Gasteiger partial charge on any atom is 0.227 e. The molecule has 0 saturated carbocycles. The van der Waals surface area contributed by atoms with Gasteiger partial charge in [0.25, 0.3) is 0 Å². The Morgan fingerprint density at radius 3 is 2.57 bits per heavy atom. The molecule has 2 aliphatic heterocycles. The van der Waals surface area contributed by atoms with Crippen molar-refractivity contribution in [2.45, 2.75) is 25.3 Å². The van der Waals surface area contributed by atoms with Gasteiger partial charge >= 0.3 is 0 Å². The Morgan fingerprint density at radius 1 is 1.11 bits per heavy atom. The molecule has 2 aromatic rings. The van der Waals surface area contributed by atoms with Gasteiger partial charge in [0.05, 0.1) is 13.5 Å². The molecule has 1 amide bonds. The van der Waals surface area contributed by atoms with E-state index < -0.39 is 0 Å². The summed E-state index contributed by atoms with van der Waals surface area (Å²) in [6.07, 6.45) is 2.86. The maximum atomic E-state index is 12.7. The molecule has 1 unspecified atom stereocenters. The molecule has 1 aromatic carbocycles. The highest BCUT2D eigenvalue weighted by Crippen LogP contribution is 2.23. The van der Waals surface area contributed by atoms with Gasteiger partial charge in [-0.05, 0) is 48.6 Å². The van der Waals surface area contributed by atoms with Crippen molar-refractivity contribution in [1.29, 1.82) is 0 Å². The lowest BCUT2D eigenvalue weighted by molar-refractivity contribution is -0.132. The van der Waals surface area contributed by atoms with E-state index in [-0.39, 0.29) is 5.91 Å². The van der Waals surface area contributed by atoms with E-state index in [2.05, 4.69) is 32.9 Å². The Hall–Kier alpha value is -2.05. The molecule has 1 aromatic heterocycles. The SMILES string of the molecule is COc1ccc(N2CCN(C3CCCN(C(=O)Cc4cccs4)C3)CC2)cc1. The van der Waals surface area contributed by atoms with Crippen LogP contribution < -0.4 is 9.64 Å². The zero-order valence-electron chi connectivity index (χ0n) is 16.5. The summed E-state index contributed by atoms with van der Waals surface area (Å²) in [5.41, 5.74) is 1.26. The Kier molecular flexibility index (Phi) is 6.17. The summed E-state index contributed by atoms with van der Waals surface area (Å²) in [5, 5.41) is 2.05. The average molecular weight is 400 g/mol. The maximum absolute atomic E-state index is 12.7. The molecular weight excluding hydrogens is 370 g/mol. The molecule has 150 valence electrons. The highest BCUT2D eigenvalue weighted by atomic mass is 32.1. The standard InChI is InChI=1S/C22H29N3O2S/c1-27-20-8-6-18(7-9-20)23-11-13-24(14-12-23)19-4-2-10-25(17-19)22(26)16-21-5-3-15-28-21/h3,5-9,15,19H,2,4,10-14,16-17H2,1H3. The molecule has 0 bridgehead atoms. The Balaban J connectivity index is 1.29. The molecule has 4 rings (SSSR count). The first kappa shape index (κ1) is 19.3. The number of nitrogens with zero attached hydrogens (tertiary/aromatic N) is 3. The normalized spacial score (nSPS) is 21.0. The van der Waals surface area contributed by atoms with E-state index in [0.29, 0.717) is 12.5 Å². The predicted octanol–water partition coefficient (Wildman–Crippen LogP) is 3.11. The van der Waals surface area contributed by atoms with E-state index in [1.807, 2.05) is 23.6 Å². The van der Waals surface area contributed by atoms with Gasteiger partial charge < -0.3 is 14.5 Å². The van der Waals surface area contributed by atoms with E-state index in [9.17, 15) is 4.79 Å². The number of likely N-dealkylation sites (tertiary alicyclic amines) is 1. The fourth-order valence-corrected chi connectivity index (χ4v) is 4.99. The van der Waals surface area contributed by atoms with Gasteiger partial charge in [-0.25, -0.2) is 0 Å². The highest BCUT2D eigenvalue weighted by Gasteiger charge is 2.30. The van der Waals surface area contributed by atoms with Crippen LogP contribution in [0.3, 0.4) is 0 Å². The number of carbonyl (C=O) groups excluding carboxylic acids is 1. The van der Waals surface area contributed by atoms with Gasteiger partial charge in [0.1, 0.15) is 5.75 Å². The fourth-order valence-electron chi connectivity index (χ4n) is 4.29. The van der Waals surface area contributed by atoms with E-state index in [1.165, 1.54) is 17.0 Å². The van der Waals surface area contributed by atoms with Crippen molar-refractivity contribution in [3.05, 3.63) is 46.7 Å². The number of anilines is 1. The molecule has 3 heterocycles. The first-order valence-corrected chi connectivity index (χ1v) is 11.0. The summed E-state index contributed by atoms with van der Waals surface area (Å²) < 4.78 is 5.26. The molecule has 2 saturated heterocycles. The second-order valence-electron chi connectivity index (χ2n) is 7.61. The van der Waals surface area contributed by atoms with Gasteiger partial charge in [-0.2, -0.15) is 0 Å². The lowest BCUT2D eigenvalue weighted by atomic mass is 10.0. The lowest BCUT2D eigenvalue weighted by Crippen LogP contribution is -2.56. The molecule has 0 spiro atoms. The van der Waals surface area contributed by atoms with Crippen molar-refractivity contribution in [3.8, 4) is 5.75 Å². The summed E-state index contributed by atoms with van der Waals surface area (Å²) in [6, 6.07) is 12.9. The number of methoxy groups -OCH3 is 1. The van der Waals surface area contributed by atoms with Crippen LogP contribution in [0.1, 0.15) is 17.7 Å². The number of piperazine rings is 1. The molecule has 28 heavy (non-hydrogen) atoms. The van der Waals surface area contributed by atoms with Crippen LogP contribution in [0.4, 0.5) is 5.69 Å². The summed E-state index contributed by atoms with van der Waals surface area (Å²) in [4.78, 5) is 21.0. The molecule has 2 fully saturated rings. The number of benzene rings is 1. The minimum atomic E-state index is 0.281. The molecule has 6 heteroatoms. The molecule has 5 nitrogen and oxygen atoms in total. The van der Waals surface area contributed by atoms with Crippen LogP contribution in [0.25, 0.3) is 0 Å². The number of ether oxygens (including phenoxy) is 1. The topological polar surface area (TPSA) is 36.0 Å². The number of carbonyl (C=O) groups is 1. The summed E-state index contributed by atoms with van der Waals surface area (Å²) in [7, 11) is 1.70. The third-order valence-corrected chi connectivity index (χ3v) is 6.80. The van der Waals surface area contributed by atoms with E-state index in [0.717, 1.165) is 51.4 Å². The third kappa shape index (κ3) is 4.50. The van der Waals surface area contributed by atoms with Crippen molar-refractivity contribution in [2.75, 3.05) is 51.3 Å². The van der Waals surface area contributed by atoms with Crippen LogP contribution >= 0.6 is 11.3 Å². The Bertz CT molecular complexity index is 755. The number of hydrogen-bond acceptors (Lipinski definition) is 5. The average Bonchev–Trinajstić information content (AvgIpc) is 3.27. The quantitative estimate of drug-likeness (QED) is 0.774. The van der Waals surface area contributed by atoms with Crippen molar-refractivity contribution in [2.24, 2.45) is 0 Å². The van der Waals surface area contributed by atoms with E-state index in [1.54, 1.807) is 18.4 Å². The van der Waals surface area contributed by atoms with E-state index >= 15 is 0 Å². The second-order valence-corrected chi connectivity index (χ2v) is 8.65. The summed E-state index contributed by atoms with van der Waals surface area (Å²) in [6.45, 7) is 5.98. The van der Waals surface area contributed by atoms with Crippen LogP contribution in [-0.2, 0) is 11.2 Å². The predicted molar refractivity (Wildman–Crippen MR) is 114 cm³/mol. The Morgan fingerprint density at radius 2 is 1.89 bits per heavy atom. The Labute approximate surface area is 171 Å². The van der Waals surface area contributed by atoms with Gasteiger partial charge in [-0.15, -0.1) is 11.3 Å². The van der Waals surface area contributed by atoms with Crippen molar-refractivity contribution >= 4 is 22.9 Å². The van der Waals surface area contributed by atoms with Gasteiger partial charge in [-0.3, -0.25) is 9.69 Å². The lowest BCUT2D eigenvalue weighted by Gasteiger charge is -2.44. The zero-order chi connectivity index (χ0) is 19.3. The van der Waals surface area contributed by atoms with E-state index in [4.69, 9.17) is 4.74 Å². The zero-order valence-corrected chi connectivity index (χ0v) is 17.4. The number of thiophene rings is 1. The number of hydrogen-bond donors (Lipinski definition) is 0. The van der Waals surface area contributed by atoms with Crippen LogP contribution in [0, 0.1) is 0 Å². The van der Waals surface area contributed by atoms with Crippen molar-refractivity contribution < 1.29 is 9.53 Å². The highest BCUT2D eigenvalue weighted by molar-refractivity contribution is 7.10. The second kappa shape index (κ2) is 8.97. The van der Waals surface area contributed by atoms with Gasteiger partial charge in [0, 0.05) is 55.9 Å². The molecule has 2 aliphatic rings. The first-order valence-electron chi connectivity index (χ1n) is 10.2. The van der Waals surface area contributed by atoms with Crippen LogP contribution in [0.2, 0.25) is 0 Å². The van der Waals surface area contributed by atoms with Crippen LogP contribution in [0.15, 0.2) is 41.8 Å². The minimum Gasteiger partial charge on any atom is -0.497 e. The molecule has 0 N–H and O–H groups in total. The van der Waals surface area contributed by atoms with Gasteiger partial charge in [-0.1, -0.05) is 6.07 Å². The summed E-state index contributed by atoms with van der Waals surface area (Å²) in [5.74, 6) is 1.18. The molecule has 0 radical (unpaired) electrons. The number of amides is 1. The van der Waals surface area contributed by atoms with Gasteiger partial charge in [0.2, 0.25) is 5.91 Å². The van der Waals surface area contributed by atoms with Gasteiger partial charge in [0.15, 0.2) is 0 Å². The monoisotopic (exact) mass is 399 g/mol. The largest absolute Gasteiger partial charge is 0.497 e. The minimum absolute atomic E-state index is 0.281. The smallest absolute Gasteiger partial charge is 0.227 e. The van der Waals surface area contributed by atoms with Crippen molar-refractivity contribution in [3.63, 3.8) is 0 Å². The number of rotatable bonds is 5. The third-order valence-electron chi connectivity index (χ3n) is 5.92. The molecule has 0 aliphatic carbocycles. The van der Waals surface area contributed by atoms with Crippen LogP contribution in [-0.4, -0.2) is 68.1 Å². The molecule has 1 atom stereocenters. The first-order chi connectivity index (χ1) is 13.7. The van der Waals surface area contributed by atoms with Crippen molar-refractivity contribution in [1.82, 2.24) is 9.80 Å². The fraction of sp³-hybridized carbons (Fsp3) is 0.500. The number of piperidine rings is 1.